The molecule has 0 spiro atoms. The van der Waals surface area contributed by atoms with Crippen molar-refractivity contribution in [1.29, 1.82) is 5.26 Å². The lowest BCUT2D eigenvalue weighted by atomic mass is 10.0. The lowest BCUT2D eigenvalue weighted by Crippen LogP contribution is -2.57. The number of anilines is 1. The van der Waals surface area contributed by atoms with Gasteiger partial charge in [0.05, 0.1) is 21.7 Å². The van der Waals surface area contributed by atoms with Crippen LogP contribution >= 0.6 is 15.9 Å². The first-order chi connectivity index (χ1) is 15.4. The highest BCUT2D eigenvalue weighted by molar-refractivity contribution is 9.10. The lowest BCUT2D eigenvalue weighted by molar-refractivity contribution is -0.140. The second kappa shape index (κ2) is 8.13. The minimum absolute atomic E-state index is 0.00556. The van der Waals surface area contributed by atoms with Gasteiger partial charge in [-0.1, -0.05) is 13.0 Å². The molecule has 3 fully saturated rings. The van der Waals surface area contributed by atoms with Crippen LogP contribution in [0.4, 0.5) is 10.2 Å². The molecule has 3 heterocycles. The van der Waals surface area contributed by atoms with Crippen LogP contribution in [0.15, 0.2) is 41.0 Å². The number of benzene rings is 1. The highest BCUT2D eigenvalue weighted by Crippen LogP contribution is 2.50. The van der Waals surface area contributed by atoms with E-state index in [2.05, 4.69) is 38.8 Å². The maximum atomic E-state index is 13.6. The normalized spacial score (nSPS) is 25.5. The number of rotatable bonds is 5. The van der Waals surface area contributed by atoms with Crippen LogP contribution in [0.2, 0.25) is 0 Å². The van der Waals surface area contributed by atoms with Crippen molar-refractivity contribution in [2.24, 2.45) is 5.92 Å². The number of nitriles is 1. The van der Waals surface area contributed by atoms with E-state index < -0.39 is 5.60 Å². The van der Waals surface area contributed by atoms with Crippen molar-refractivity contribution in [3.63, 3.8) is 0 Å². The fraction of sp³-hybridized carbons (Fsp3) is 0.458. The van der Waals surface area contributed by atoms with E-state index in [0.29, 0.717) is 29.0 Å². The van der Waals surface area contributed by atoms with E-state index in [0.717, 1.165) is 30.6 Å². The number of likely N-dealkylation sites (tertiary alicyclic amines) is 1. The van der Waals surface area contributed by atoms with Crippen LogP contribution in [0.25, 0.3) is 0 Å². The summed E-state index contributed by atoms with van der Waals surface area (Å²) in [6, 6.07) is 11.1. The SMILES string of the molecule is C[C@H]1CC2CN(C(=O)COC3(c4ccc(F)c(Br)c4)CC3)CC1N2c1ccc(C#N)cn1. The molecule has 6 nitrogen and oxygen atoms in total. The maximum absolute atomic E-state index is 13.6. The minimum Gasteiger partial charge on any atom is -0.360 e. The fourth-order valence-electron chi connectivity index (χ4n) is 5.10. The Morgan fingerprint density at radius 1 is 1.34 bits per heavy atom. The molecule has 5 rings (SSSR count). The summed E-state index contributed by atoms with van der Waals surface area (Å²) in [5.41, 5.74) is 0.970. The van der Waals surface area contributed by atoms with Crippen molar-refractivity contribution in [1.82, 2.24) is 9.88 Å². The van der Waals surface area contributed by atoms with Crippen LogP contribution in [0, 0.1) is 23.1 Å². The van der Waals surface area contributed by atoms with E-state index in [-0.39, 0.29) is 30.4 Å². The van der Waals surface area contributed by atoms with Crippen LogP contribution in [0.1, 0.15) is 37.3 Å². The maximum Gasteiger partial charge on any atom is 0.248 e. The van der Waals surface area contributed by atoms with Crippen molar-refractivity contribution in [2.45, 2.75) is 43.9 Å². The molecule has 2 saturated heterocycles. The molecule has 2 unspecified atom stereocenters. The molecule has 2 aliphatic heterocycles. The second-order valence-electron chi connectivity index (χ2n) is 9.07. The Balaban J connectivity index is 1.24. The van der Waals surface area contributed by atoms with Crippen molar-refractivity contribution in [2.75, 3.05) is 24.6 Å². The molecule has 2 bridgehead atoms. The summed E-state index contributed by atoms with van der Waals surface area (Å²) in [5.74, 6) is 1.00. The van der Waals surface area contributed by atoms with Gasteiger partial charge in [-0.2, -0.15) is 5.26 Å². The van der Waals surface area contributed by atoms with E-state index in [1.165, 1.54) is 6.07 Å². The van der Waals surface area contributed by atoms with E-state index in [4.69, 9.17) is 10.00 Å². The zero-order valence-corrected chi connectivity index (χ0v) is 19.4. The second-order valence-corrected chi connectivity index (χ2v) is 9.92. The Hall–Kier alpha value is -2.50. The van der Waals surface area contributed by atoms with Gasteiger partial charge >= 0.3 is 0 Å². The van der Waals surface area contributed by atoms with Crippen molar-refractivity contribution >= 4 is 27.7 Å². The Bertz CT molecular complexity index is 1080. The molecule has 1 saturated carbocycles. The number of pyridine rings is 1. The van der Waals surface area contributed by atoms with Gasteiger partial charge in [-0.15, -0.1) is 0 Å². The van der Waals surface area contributed by atoms with Crippen molar-refractivity contribution < 1.29 is 13.9 Å². The van der Waals surface area contributed by atoms with E-state index >= 15 is 0 Å². The van der Waals surface area contributed by atoms with Gasteiger partial charge in [0, 0.05) is 25.3 Å². The molecule has 166 valence electrons. The third kappa shape index (κ3) is 3.78. The molecule has 3 atom stereocenters. The number of fused-ring (bicyclic) bond motifs is 2. The molecule has 8 heteroatoms. The lowest BCUT2D eigenvalue weighted by Gasteiger charge is -2.42. The Labute approximate surface area is 195 Å². The van der Waals surface area contributed by atoms with Crippen molar-refractivity contribution in [3.05, 3.63) is 57.9 Å². The Kier molecular flexibility index (Phi) is 5.42. The van der Waals surface area contributed by atoms with Gasteiger partial charge in [-0.25, -0.2) is 9.37 Å². The van der Waals surface area contributed by atoms with E-state index in [1.807, 2.05) is 11.0 Å². The quantitative estimate of drug-likeness (QED) is 0.623. The number of hydrogen-bond acceptors (Lipinski definition) is 5. The zero-order chi connectivity index (χ0) is 22.5. The summed E-state index contributed by atoms with van der Waals surface area (Å²) in [4.78, 5) is 21.8. The van der Waals surface area contributed by atoms with Gasteiger partial charge in [0.15, 0.2) is 0 Å². The molecule has 3 aliphatic rings. The first kappa shape index (κ1) is 21.4. The van der Waals surface area contributed by atoms with Crippen LogP contribution in [-0.4, -0.2) is 47.6 Å². The van der Waals surface area contributed by atoms with Crippen LogP contribution < -0.4 is 4.90 Å². The first-order valence-corrected chi connectivity index (χ1v) is 11.7. The minimum atomic E-state index is -0.480. The molecular weight excluding hydrogens is 475 g/mol. The van der Waals surface area contributed by atoms with Crippen molar-refractivity contribution in [3.8, 4) is 6.07 Å². The van der Waals surface area contributed by atoms with Crippen LogP contribution in [0.5, 0.6) is 0 Å². The third-order valence-electron chi connectivity index (χ3n) is 7.01. The Morgan fingerprint density at radius 3 is 2.78 bits per heavy atom. The molecule has 1 aromatic heterocycles. The molecule has 0 radical (unpaired) electrons. The van der Waals surface area contributed by atoms with E-state index in [1.54, 1.807) is 24.4 Å². The smallest absolute Gasteiger partial charge is 0.248 e. The first-order valence-electron chi connectivity index (χ1n) is 10.9. The summed E-state index contributed by atoms with van der Waals surface area (Å²) in [5, 5.41) is 9.02. The molecule has 1 aromatic carbocycles. The third-order valence-corrected chi connectivity index (χ3v) is 7.61. The monoisotopic (exact) mass is 498 g/mol. The molecule has 0 N–H and O–H groups in total. The topological polar surface area (TPSA) is 69.5 Å². The molecule has 1 amide bonds. The average Bonchev–Trinajstić information content (AvgIpc) is 3.56. The number of hydrogen-bond donors (Lipinski definition) is 0. The number of carbonyl (C=O) groups excluding carboxylic acids is 1. The van der Waals surface area contributed by atoms with Crippen LogP contribution in [-0.2, 0) is 15.1 Å². The van der Waals surface area contributed by atoms with Gasteiger partial charge in [0.25, 0.3) is 0 Å². The van der Waals surface area contributed by atoms with Gasteiger partial charge in [-0.05, 0) is 70.9 Å². The average molecular weight is 499 g/mol. The van der Waals surface area contributed by atoms with E-state index in [9.17, 15) is 9.18 Å². The highest BCUT2D eigenvalue weighted by Gasteiger charge is 2.48. The molecule has 32 heavy (non-hydrogen) atoms. The predicted molar refractivity (Wildman–Crippen MR) is 120 cm³/mol. The number of carbonyl (C=O) groups is 1. The molecule has 1 aliphatic carbocycles. The van der Waals surface area contributed by atoms with Gasteiger partial charge in [0.1, 0.15) is 24.3 Å². The Morgan fingerprint density at radius 2 is 2.16 bits per heavy atom. The number of halogens is 2. The number of ether oxygens (including phenoxy) is 1. The molecule has 2 aromatic rings. The summed E-state index contributed by atoms with van der Waals surface area (Å²) in [7, 11) is 0. The fourth-order valence-corrected chi connectivity index (χ4v) is 5.47. The number of amides is 1. The summed E-state index contributed by atoms with van der Waals surface area (Å²) in [6.45, 7) is 3.52. The number of piperazine rings is 1. The standard InChI is InChI=1S/C24H24BrFN4O2/c1-15-8-18-12-29(13-21(15)30(18)22-5-2-16(10-27)11-28-22)23(31)14-32-24(6-7-24)17-3-4-20(26)19(25)9-17/h2-5,9,11,15,18,21H,6-8,12-14H2,1H3/t15-,18?,21?/m0/s1. The largest absolute Gasteiger partial charge is 0.360 e. The van der Waals surface area contributed by atoms with Gasteiger partial charge in [0.2, 0.25) is 5.91 Å². The number of aromatic nitrogens is 1. The highest BCUT2D eigenvalue weighted by atomic mass is 79.9. The van der Waals surface area contributed by atoms with Gasteiger partial charge < -0.3 is 14.5 Å². The van der Waals surface area contributed by atoms with Gasteiger partial charge in [-0.3, -0.25) is 4.79 Å². The summed E-state index contributed by atoms with van der Waals surface area (Å²) < 4.78 is 20.1. The molecular formula is C24H24BrFN4O2. The summed E-state index contributed by atoms with van der Waals surface area (Å²) >= 11 is 3.24. The van der Waals surface area contributed by atoms with Crippen LogP contribution in [0.3, 0.4) is 0 Å². The predicted octanol–water partition coefficient (Wildman–Crippen LogP) is 3.99. The summed E-state index contributed by atoms with van der Waals surface area (Å²) in [6.07, 6.45) is 4.27. The zero-order valence-electron chi connectivity index (χ0n) is 17.8. The number of nitrogens with zero attached hydrogens (tertiary/aromatic N) is 4.